The van der Waals surface area contributed by atoms with E-state index in [1.165, 1.54) is 25.8 Å². The van der Waals surface area contributed by atoms with Crippen molar-refractivity contribution in [3.05, 3.63) is 24.3 Å². The Kier molecular flexibility index (Phi) is 3.52. The Morgan fingerprint density at radius 1 is 1.54 bits per heavy atom. The third-order valence-corrected chi connectivity index (χ3v) is 1.79. The predicted octanol–water partition coefficient (Wildman–Crippen LogP) is 1.08. The molecule has 0 amide bonds. The number of Topliss-reactive ketones (excluding diaryl/α,β-unsaturated/α-hetero) is 1. The largest absolute Gasteiger partial charge is 0.373 e. The normalized spacial score (nSPS) is 12.5. The van der Waals surface area contributed by atoms with Crippen molar-refractivity contribution in [1.82, 2.24) is 9.97 Å². The van der Waals surface area contributed by atoms with Crippen LogP contribution in [0.1, 0.15) is 23.7 Å². The lowest BCUT2D eigenvalue weighted by atomic mass is 10.1. The molecule has 1 aromatic heterocycles. The van der Waals surface area contributed by atoms with Gasteiger partial charge >= 0.3 is 0 Å². The van der Waals surface area contributed by atoms with Gasteiger partial charge in [0.15, 0.2) is 5.78 Å². The van der Waals surface area contributed by atoms with Crippen LogP contribution < -0.4 is 0 Å². The molecule has 0 saturated heterocycles. The molecule has 13 heavy (non-hydrogen) atoms. The lowest BCUT2D eigenvalue weighted by Gasteiger charge is -2.10. The van der Waals surface area contributed by atoms with Gasteiger partial charge in [-0.3, -0.25) is 4.79 Å². The fourth-order valence-electron chi connectivity index (χ4n) is 1.07. The fraction of sp³-hybridized carbons (Fsp3) is 0.444. The average Bonchev–Trinajstić information content (AvgIpc) is 2.21. The maximum atomic E-state index is 11.6. The number of methoxy groups -OCH3 is 1. The zero-order chi connectivity index (χ0) is 9.68. The summed E-state index contributed by atoms with van der Waals surface area (Å²) in [4.78, 5) is 19.1. The molecule has 0 aliphatic heterocycles. The Balaban J connectivity index is 2.78. The van der Waals surface area contributed by atoms with Gasteiger partial charge in [-0.2, -0.15) is 0 Å². The Labute approximate surface area is 77.0 Å². The molecule has 1 unspecified atom stereocenters. The highest BCUT2D eigenvalue weighted by Crippen LogP contribution is 2.05. The first kappa shape index (κ1) is 9.80. The average molecular weight is 180 g/mol. The summed E-state index contributed by atoms with van der Waals surface area (Å²) in [5.41, 5.74) is 0.496. The second-order valence-electron chi connectivity index (χ2n) is 2.62. The standard InChI is InChI=1S/C9H12N2O2/c1-3-8(13-2)9(12)7-4-10-6-11-5-7/h4-6,8H,3H2,1-2H3. The lowest BCUT2D eigenvalue weighted by Crippen LogP contribution is -2.22. The number of carbonyl (C=O) groups excluding carboxylic acids is 1. The van der Waals surface area contributed by atoms with E-state index in [9.17, 15) is 4.79 Å². The molecule has 0 saturated carbocycles. The van der Waals surface area contributed by atoms with Gasteiger partial charge in [-0.1, -0.05) is 6.92 Å². The van der Waals surface area contributed by atoms with Crippen LogP contribution in [0.25, 0.3) is 0 Å². The van der Waals surface area contributed by atoms with E-state index in [2.05, 4.69) is 9.97 Å². The summed E-state index contributed by atoms with van der Waals surface area (Å²) in [7, 11) is 1.52. The molecule has 0 aromatic carbocycles. The maximum absolute atomic E-state index is 11.6. The van der Waals surface area contributed by atoms with E-state index in [-0.39, 0.29) is 11.9 Å². The summed E-state index contributed by atoms with van der Waals surface area (Å²) in [6.45, 7) is 1.90. The van der Waals surface area contributed by atoms with Crippen LogP contribution in [0.15, 0.2) is 18.7 Å². The molecule has 0 spiro atoms. The summed E-state index contributed by atoms with van der Waals surface area (Å²) in [5.74, 6) is -0.0643. The van der Waals surface area contributed by atoms with Crippen LogP contribution in [0.5, 0.6) is 0 Å². The van der Waals surface area contributed by atoms with Gasteiger partial charge < -0.3 is 4.74 Å². The molecule has 4 heteroatoms. The van der Waals surface area contributed by atoms with Crippen molar-refractivity contribution in [2.75, 3.05) is 7.11 Å². The topological polar surface area (TPSA) is 52.1 Å². The molecule has 0 N–H and O–H groups in total. The number of hydrogen-bond donors (Lipinski definition) is 0. The van der Waals surface area contributed by atoms with Gasteiger partial charge in [0.2, 0.25) is 0 Å². The van der Waals surface area contributed by atoms with Gasteiger partial charge in [0, 0.05) is 19.5 Å². The zero-order valence-corrected chi connectivity index (χ0v) is 7.73. The Morgan fingerprint density at radius 3 is 2.62 bits per heavy atom. The number of aromatic nitrogens is 2. The third-order valence-electron chi connectivity index (χ3n) is 1.79. The first-order chi connectivity index (χ1) is 6.29. The summed E-state index contributed by atoms with van der Waals surface area (Å²) in [5, 5.41) is 0. The lowest BCUT2D eigenvalue weighted by molar-refractivity contribution is 0.0595. The molecule has 4 nitrogen and oxygen atoms in total. The second kappa shape index (κ2) is 4.67. The zero-order valence-electron chi connectivity index (χ0n) is 7.73. The van der Waals surface area contributed by atoms with Crippen LogP contribution in [-0.4, -0.2) is 29.0 Å². The Bertz CT molecular complexity index is 270. The molecule has 1 rings (SSSR count). The minimum Gasteiger partial charge on any atom is -0.373 e. The summed E-state index contributed by atoms with van der Waals surface area (Å²) in [6.07, 6.45) is 4.66. The molecule has 1 aromatic rings. The molecule has 0 radical (unpaired) electrons. The second-order valence-corrected chi connectivity index (χ2v) is 2.62. The van der Waals surface area contributed by atoms with Gasteiger partial charge in [-0.15, -0.1) is 0 Å². The molecule has 1 heterocycles. The third kappa shape index (κ3) is 2.32. The van der Waals surface area contributed by atoms with Gasteiger partial charge in [-0.25, -0.2) is 9.97 Å². The van der Waals surface area contributed by atoms with Crippen LogP contribution >= 0.6 is 0 Å². The van der Waals surface area contributed by atoms with Crippen molar-refractivity contribution in [2.45, 2.75) is 19.4 Å². The van der Waals surface area contributed by atoms with Gasteiger partial charge in [-0.05, 0) is 6.42 Å². The van der Waals surface area contributed by atoms with E-state index in [1.807, 2.05) is 6.92 Å². The van der Waals surface area contributed by atoms with Gasteiger partial charge in [0.1, 0.15) is 12.4 Å². The van der Waals surface area contributed by atoms with Crippen molar-refractivity contribution in [3.63, 3.8) is 0 Å². The van der Waals surface area contributed by atoms with E-state index in [4.69, 9.17) is 4.74 Å². The van der Waals surface area contributed by atoms with E-state index in [0.29, 0.717) is 12.0 Å². The number of hydrogen-bond acceptors (Lipinski definition) is 4. The highest BCUT2D eigenvalue weighted by molar-refractivity contribution is 5.98. The van der Waals surface area contributed by atoms with Gasteiger partial charge in [0.05, 0.1) is 5.56 Å². The minimum atomic E-state index is -0.383. The Morgan fingerprint density at radius 2 is 2.15 bits per heavy atom. The van der Waals surface area contributed by atoms with Crippen molar-refractivity contribution in [3.8, 4) is 0 Å². The summed E-state index contributed by atoms with van der Waals surface area (Å²) in [6, 6.07) is 0. The van der Waals surface area contributed by atoms with Crippen LogP contribution in [-0.2, 0) is 4.74 Å². The van der Waals surface area contributed by atoms with Crippen molar-refractivity contribution in [1.29, 1.82) is 0 Å². The Hall–Kier alpha value is -1.29. The summed E-state index contributed by atoms with van der Waals surface area (Å²) >= 11 is 0. The first-order valence-corrected chi connectivity index (χ1v) is 4.11. The molecule has 1 atom stereocenters. The van der Waals surface area contributed by atoms with Crippen molar-refractivity contribution >= 4 is 5.78 Å². The minimum absolute atomic E-state index is 0.0643. The van der Waals surface area contributed by atoms with Crippen LogP contribution in [0.3, 0.4) is 0 Å². The number of nitrogens with zero attached hydrogens (tertiary/aromatic N) is 2. The highest BCUT2D eigenvalue weighted by Gasteiger charge is 2.17. The molecule has 0 aliphatic rings. The first-order valence-electron chi connectivity index (χ1n) is 4.11. The van der Waals surface area contributed by atoms with E-state index < -0.39 is 0 Å². The molecule has 0 aliphatic carbocycles. The number of ketones is 1. The van der Waals surface area contributed by atoms with Crippen molar-refractivity contribution < 1.29 is 9.53 Å². The van der Waals surface area contributed by atoms with E-state index >= 15 is 0 Å². The smallest absolute Gasteiger partial charge is 0.194 e. The van der Waals surface area contributed by atoms with Crippen LogP contribution in [0.2, 0.25) is 0 Å². The van der Waals surface area contributed by atoms with Gasteiger partial charge in [0.25, 0.3) is 0 Å². The van der Waals surface area contributed by atoms with Crippen molar-refractivity contribution in [2.24, 2.45) is 0 Å². The molecule has 0 bridgehead atoms. The fourth-order valence-corrected chi connectivity index (χ4v) is 1.07. The van der Waals surface area contributed by atoms with E-state index in [0.717, 1.165) is 0 Å². The van der Waals surface area contributed by atoms with Crippen LogP contribution in [0, 0.1) is 0 Å². The SMILES string of the molecule is CCC(OC)C(=O)c1cncnc1. The predicted molar refractivity (Wildman–Crippen MR) is 47.5 cm³/mol. The van der Waals surface area contributed by atoms with Crippen LogP contribution in [0.4, 0.5) is 0 Å². The molecular formula is C9H12N2O2. The number of rotatable bonds is 4. The van der Waals surface area contributed by atoms with E-state index in [1.54, 1.807) is 0 Å². The summed E-state index contributed by atoms with van der Waals surface area (Å²) < 4.78 is 5.01. The maximum Gasteiger partial charge on any atom is 0.194 e. The highest BCUT2D eigenvalue weighted by atomic mass is 16.5. The number of carbonyl (C=O) groups is 1. The molecule has 0 fully saturated rings. The monoisotopic (exact) mass is 180 g/mol. The molecular weight excluding hydrogens is 168 g/mol. The quantitative estimate of drug-likeness (QED) is 0.651. The number of ether oxygens (including phenoxy) is 1. The molecule has 70 valence electrons.